The van der Waals surface area contributed by atoms with Gasteiger partial charge in [-0.2, -0.15) is 0 Å². The summed E-state index contributed by atoms with van der Waals surface area (Å²) in [7, 11) is 2.57. The Morgan fingerprint density at radius 1 is 0.926 bits per heavy atom. The fraction of sp³-hybridized carbons (Fsp3) is 0.469. The molecule has 360 valence electrons. The molecule has 3 amide bonds. The zero-order chi connectivity index (χ0) is 48.0. The summed E-state index contributed by atoms with van der Waals surface area (Å²) >= 11 is 0. The Hall–Kier alpha value is -6.73. The summed E-state index contributed by atoms with van der Waals surface area (Å²) in [5.74, 6) is 1.64. The Kier molecular flexibility index (Phi) is 13.0. The van der Waals surface area contributed by atoms with E-state index in [1.54, 1.807) is 17.3 Å². The molecule has 19 heteroatoms. The number of alkyl carbamates (subject to hydrolysis) is 2. The van der Waals surface area contributed by atoms with E-state index >= 15 is 4.39 Å². The number of rotatable bonds is 15. The molecule has 18 nitrogen and oxygen atoms in total. The van der Waals surface area contributed by atoms with E-state index in [0.717, 1.165) is 65.9 Å². The number of halogens is 1. The van der Waals surface area contributed by atoms with Crippen molar-refractivity contribution in [2.24, 2.45) is 11.8 Å². The van der Waals surface area contributed by atoms with Crippen molar-refractivity contribution in [1.82, 2.24) is 54.5 Å². The lowest BCUT2D eigenvalue weighted by Gasteiger charge is -2.35. The van der Waals surface area contributed by atoms with Crippen molar-refractivity contribution < 1.29 is 38.1 Å². The molecule has 1 saturated heterocycles. The first-order valence-electron chi connectivity index (χ1n) is 23.5. The summed E-state index contributed by atoms with van der Waals surface area (Å²) in [5.41, 5.74) is 5.43. The summed E-state index contributed by atoms with van der Waals surface area (Å²) in [6, 6.07) is 9.67. The number of ether oxygens (including phenoxy) is 3. The second-order valence-corrected chi connectivity index (χ2v) is 18.6. The van der Waals surface area contributed by atoms with Crippen molar-refractivity contribution in [1.29, 1.82) is 0 Å². The minimum absolute atomic E-state index is 0.0703. The number of aryl methyl sites for hydroxylation is 1. The normalized spacial score (nSPS) is 17.8. The number of H-pyrrole nitrogens is 2. The molecule has 2 aromatic carbocycles. The van der Waals surface area contributed by atoms with Crippen molar-refractivity contribution in [2.75, 3.05) is 27.3 Å². The number of methoxy groups -OCH3 is 2. The average Bonchev–Trinajstić information content (AvgIpc) is 4.18. The molecule has 68 heavy (non-hydrogen) atoms. The zero-order valence-corrected chi connectivity index (χ0v) is 39.5. The number of hydrogen-bond acceptors (Lipinski definition) is 11. The molecule has 5 N–H and O–H groups in total. The van der Waals surface area contributed by atoms with Gasteiger partial charge in [0.25, 0.3) is 0 Å². The van der Waals surface area contributed by atoms with Crippen LogP contribution in [-0.4, -0.2) is 113 Å². The van der Waals surface area contributed by atoms with Gasteiger partial charge in [-0.3, -0.25) is 14.3 Å². The number of fused-ring (bicyclic) bond motifs is 6. The number of nitrogens with zero attached hydrogens (tertiary/aromatic N) is 7. The van der Waals surface area contributed by atoms with Crippen LogP contribution in [0.1, 0.15) is 95.7 Å². The van der Waals surface area contributed by atoms with Gasteiger partial charge in [0.15, 0.2) is 0 Å². The second kappa shape index (κ2) is 19.1. The van der Waals surface area contributed by atoms with Crippen molar-refractivity contribution in [3.8, 4) is 39.5 Å². The predicted molar refractivity (Wildman–Crippen MR) is 251 cm³/mol. The first kappa shape index (κ1) is 46.4. The van der Waals surface area contributed by atoms with E-state index in [-0.39, 0.29) is 23.8 Å². The molecule has 6 aromatic rings. The van der Waals surface area contributed by atoms with E-state index < -0.39 is 42.5 Å². The molecule has 7 heterocycles. The lowest BCUT2D eigenvalue weighted by Crippen LogP contribution is -2.54. The van der Waals surface area contributed by atoms with E-state index in [2.05, 4.69) is 25.2 Å². The Balaban J connectivity index is 1.03. The summed E-state index contributed by atoms with van der Waals surface area (Å²) in [6.45, 7) is 11.8. The molecule has 4 unspecified atom stereocenters. The highest BCUT2D eigenvalue weighted by atomic mass is 19.1. The van der Waals surface area contributed by atoms with Gasteiger partial charge in [0.2, 0.25) is 12.1 Å². The summed E-state index contributed by atoms with van der Waals surface area (Å²) in [6.07, 6.45) is 6.39. The molecule has 9 rings (SSSR count). The van der Waals surface area contributed by atoms with Crippen LogP contribution in [0.4, 0.5) is 14.0 Å². The van der Waals surface area contributed by atoms with Gasteiger partial charge in [0.1, 0.15) is 47.0 Å². The van der Waals surface area contributed by atoms with Crippen LogP contribution in [-0.2, 0) is 33.8 Å². The molecule has 0 aliphatic carbocycles. The highest BCUT2D eigenvalue weighted by molar-refractivity contribution is 5.93. The highest BCUT2D eigenvalue weighted by Gasteiger charge is 2.39. The molecular formula is C49H60FN11O7. The quantitative estimate of drug-likeness (QED) is 0.0647. The number of carbonyl (C=O) groups excluding carboxylic acids is 3. The van der Waals surface area contributed by atoms with E-state index in [9.17, 15) is 19.5 Å². The van der Waals surface area contributed by atoms with Gasteiger partial charge in [-0.1, -0.05) is 40.7 Å². The van der Waals surface area contributed by atoms with Crippen LogP contribution in [0.15, 0.2) is 55.0 Å². The lowest BCUT2D eigenvalue weighted by atomic mass is 10.0. The SMILES string of the molecule is CCCN(Cc1ncc(-c2ccc3c(c2)cc2n3C(c3cnc4n3CCC4)Oc3cc(-c4cnc([C@@H]5CCCN5C(=O)C(NC(=O)OC)C(C)C)[nH]4)cc(F)c3-2)[nH]1)C(O)C(NC(=O)OC)C(C)C. The minimum Gasteiger partial charge on any atom is -0.463 e. The topological polar surface area (TPSA) is 210 Å². The number of hydrogen-bond donors (Lipinski definition) is 5. The third-order valence-corrected chi connectivity index (χ3v) is 13.5. The number of carbonyl (C=O) groups is 3. The zero-order valence-electron chi connectivity index (χ0n) is 39.5. The van der Waals surface area contributed by atoms with Crippen LogP contribution >= 0.6 is 0 Å². The molecule has 0 spiro atoms. The molecule has 1 fully saturated rings. The first-order chi connectivity index (χ1) is 32.8. The van der Waals surface area contributed by atoms with E-state index in [4.69, 9.17) is 29.2 Å². The highest BCUT2D eigenvalue weighted by Crippen LogP contribution is 2.48. The Labute approximate surface area is 393 Å². The smallest absolute Gasteiger partial charge is 0.407 e. The van der Waals surface area contributed by atoms with Crippen molar-refractivity contribution in [2.45, 2.75) is 110 Å². The van der Waals surface area contributed by atoms with Crippen LogP contribution in [0.3, 0.4) is 0 Å². The van der Waals surface area contributed by atoms with E-state index in [1.165, 1.54) is 20.3 Å². The van der Waals surface area contributed by atoms with Gasteiger partial charge in [-0.25, -0.2) is 28.9 Å². The number of nitrogens with one attached hydrogen (secondary N) is 4. The number of aliphatic hydroxyl groups is 1. The third kappa shape index (κ3) is 8.68. The van der Waals surface area contributed by atoms with Gasteiger partial charge in [0.05, 0.1) is 79.6 Å². The van der Waals surface area contributed by atoms with Gasteiger partial charge in [-0.15, -0.1) is 0 Å². The molecule has 3 aliphatic rings. The van der Waals surface area contributed by atoms with Gasteiger partial charge in [-0.05, 0) is 67.9 Å². The third-order valence-electron chi connectivity index (χ3n) is 13.5. The maximum Gasteiger partial charge on any atom is 0.407 e. The molecule has 0 radical (unpaired) electrons. The summed E-state index contributed by atoms with van der Waals surface area (Å²) in [5, 5.41) is 17.8. The van der Waals surface area contributed by atoms with Crippen LogP contribution in [0.2, 0.25) is 0 Å². The van der Waals surface area contributed by atoms with Crippen molar-refractivity contribution in [3.63, 3.8) is 0 Å². The predicted octanol–water partition coefficient (Wildman–Crippen LogP) is 7.26. The molecule has 5 atom stereocenters. The monoisotopic (exact) mass is 933 g/mol. The second-order valence-electron chi connectivity index (χ2n) is 18.6. The maximum atomic E-state index is 16.9. The average molecular weight is 934 g/mol. The summed E-state index contributed by atoms with van der Waals surface area (Å²) < 4.78 is 37.7. The van der Waals surface area contributed by atoms with Crippen LogP contribution in [0.5, 0.6) is 5.75 Å². The van der Waals surface area contributed by atoms with Gasteiger partial charge >= 0.3 is 12.2 Å². The Morgan fingerprint density at radius 2 is 1.69 bits per heavy atom. The van der Waals surface area contributed by atoms with Crippen molar-refractivity contribution >= 4 is 29.0 Å². The number of aliphatic hydroxyl groups excluding tert-OH is 1. The van der Waals surface area contributed by atoms with Gasteiger partial charge < -0.3 is 49.4 Å². The maximum absolute atomic E-state index is 16.9. The number of aromatic amines is 2. The molecule has 0 bridgehead atoms. The number of likely N-dealkylation sites (tertiary alicyclic amines) is 1. The Bertz CT molecular complexity index is 2830. The van der Waals surface area contributed by atoms with E-state index in [0.29, 0.717) is 66.0 Å². The number of benzene rings is 2. The van der Waals surface area contributed by atoms with Crippen LogP contribution in [0, 0.1) is 17.7 Å². The standard InChI is InChI=1S/C49H60FN11O7/c1-8-15-58(45(62)42(26(2)3)56-48(64)66-6)25-39-51-22-32(54-39)28-13-14-34-30(18-28)20-36-41-31(50)19-29(21-38(41)68-47(61(34)36)37-24-52-40-12-10-16-59(37)40)33-23-53-44(55-33)35-11-9-17-60(35)46(63)43(27(4)5)57-49(65)67-7/h13-14,18-24,26-27,35,42-43,45,47,62H,8-12,15-17,25H2,1-7H3,(H,51,54)(H,53,55)(H,56,64)(H,57,65)/t35-,42?,43?,45?,47?/m0/s1. The largest absolute Gasteiger partial charge is 0.463 e. The van der Waals surface area contributed by atoms with Gasteiger partial charge in [0, 0.05) is 42.6 Å². The summed E-state index contributed by atoms with van der Waals surface area (Å²) in [4.78, 5) is 62.7. The van der Waals surface area contributed by atoms with Crippen LogP contribution < -0.4 is 15.4 Å². The fourth-order valence-corrected chi connectivity index (χ4v) is 10.00. The number of amides is 3. The number of imidazole rings is 3. The first-order valence-corrected chi connectivity index (χ1v) is 23.5. The number of aromatic nitrogens is 7. The fourth-order valence-electron chi connectivity index (χ4n) is 10.00. The van der Waals surface area contributed by atoms with Crippen molar-refractivity contribution in [3.05, 3.63) is 84.0 Å². The van der Waals surface area contributed by atoms with E-state index in [1.807, 2.05) is 80.6 Å². The molecular weight excluding hydrogens is 874 g/mol. The molecule has 4 aromatic heterocycles. The molecule has 0 saturated carbocycles. The molecule has 3 aliphatic heterocycles. The lowest BCUT2D eigenvalue weighted by molar-refractivity contribution is -0.135. The van der Waals surface area contributed by atoms with Crippen LogP contribution in [0.25, 0.3) is 44.7 Å². The minimum atomic E-state index is -0.989. The Morgan fingerprint density at radius 3 is 2.44 bits per heavy atom.